The molecule has 3 nitrogen and oxygen atoms in total. The molecule has 0 aliphatic heterocycles. The summed E-state index contributed by atoms with van der Waals surface area (Å²) in [5.74, 6) is 1.48. The molecule has 3 heteroatoms. The minimum absolute atomic E-state index is 0.0761. The highest BCUT2D eigenvalue weighted by Crippen LogP contribution is 2.41. The Labute approximate surface area is 172 Å². The van der Waals surface area contributed by atoms with Crippen molar-refractivity contribution < 1.29 is 4.79 Å². The molecule has 0 radical (unpaired) electrons. The summed E-state index contributed by atoms with van der Waals surface area (Å²) in [7, 11) is 0. The summed E-state index contributed by atoms with van der Waals surface area (Å²) in [5, 5.41) is 6.69. The highest BCUT2D eigenvalue weighted by molar-refractivity contribution is 6.04. The molecule has 3 aromatic rings. The Morgan fingerprint density at radius 1 is 0.828 bits per heavy atom. The second kappa shape index (κ2) is 7.84. The normalized spacial score (nSPS) is 20.3. The number of hydrogen-bond donors (Lipinski definition) is 2. The number of rotatable bonds is 7. The molecule has 2 N–H and O–H groups in total. The van der Waals surface area contributed by atoms with E-state index >= 15 is 0 Å². The van der Waals surface area contributed by atoms with Crippen LogP contribution >= 0.6 is 0 Å². The Kier molecular flexibility index (Phi) is 4.91. The topological polar surface area (TPSA) is 41.1 Å². The van der Waals surface area contributed by atoms with Gasteiger partial charge in [-0.05, 0) is 72.7 Å². The monoisotopic (exact) mass is 382 g/mol. The van der Waals surface area contributed by atoms with Crippen molar-refractivity contribution in [2.45, 2.75) is 31.2 Å². The number of carbonyl (C=O) groups excluding carboxylic acids is 1. The number of carbonyl (C=O) groups is 1. The maximum Gasteiger partial charge on any atom is 0.255 e. The van der Waals surface area contributed by atoms with Gasteiger partial charge in [-0.3, -0.25) is 4.79 Å². The maximum atomic E-state index is 12.6. The SMILES string of the molecule is O=C(Nc1ccc([C@@H]2C[C@H]2NCC2CC2)cc1)c1ccc(-c2ccccc2)cc1. The van der Waals surface area contributed by atoms with Gasteiger partial charge in [-0.15, -0.1) is 0 Å². The molecule has 146 valence electrons. The number of hydrogen-bond acceptors (Lipinski definition) is 2. The Morgan fingerprint density at radius 2 is 1.52 bits per heavy atom. The van der Waals surface area contributed by atoms with Gasteiger partial charge < -0.3 is 10.6 Å². The van der Waals surface area contributed by atoms with E-state index in [1.54, 1.807) is 0 Å². The van der Waals surface area contributed by atoms with Gasteiger partial charge in [0.05, 0.1) is 0 Å². The lowest BCUT2D eigenvalue weighted by Gasteiger charge is -2.08. The summed E-state index contributed by atoms with van der Waals surface area (Å²) in [6.07, 6.45) is 4.02. The smallest absolute Gasteiger partial charge is 0.255 e. The van der Waals surface area contributed by atoms with Gasteiger partial charge in [0.15, 0.2) is 0 Å². The molecule has 0 heterocycles. The molecule has 0 saturated heterocycles. The number of amides is 1. The minimum atomic E-state index is -0.0761. The summed E-state index contributed by atoms with van der Waals surface area (Å²) < 4.78 is 0. The predicted molar refractivity (Wildman–Crippen MR) is 118 cm³/mol. The minimum Gasteiger partial charge on any atom is -0.322 e. The van der Waals surface area contributed by atoms with Gasteiger partial charge in [0, 0.05) is 23.2 Å². The van der Waals surface area contributed by atoms with Gasteiger partial charge in [-0.2, -0.15) is 0 Å². The van der Waals surface area contributed by atoms with Crippen LogP contribution in [0.25, 0.3) is 11.1 Å². The third-order valence-corrected chi connectivity index (χ3v) is 6.01. The molecule has 2 fully saturated rings. The van der Waals surface area contributed by atoms with Crippen LogP contribution in [0.1, 0.15) is 41.1 Å². The van der Waals surface area contributed by atoms with Crippen LogP contribution in [0, 0.1) is 5.92 Å². The molecule has 2 aliphatic carbocycles. The Balaban J connectivity index is 1.17. The van der Waals surface area contributed by atoms with E-state index in [9.17, 15) is 4.79 Å². The lowest BCUT2D eigenvalue weighted by atomic mass is 10.0. The van der Waals surface area contributed by atoms with Crippen LogP contribution in [0.4, 0.5) is 5.69 Å². The van der Waals surface area contributed by atoms with Crippen molar-refractivity contribution in [2.24, 2.45) is 5.92 Å². The lowest BCUT2D eigenvalue weighted by molar-refractivity contribution is 0.102. The predicted octanol–water partition coefficient (Wildman–Crippen LogP) is 5.46. The quantitative estimate of drug-likeness (QED) is 0.569. The first-order chi connectivity index (χ1) is 14.3. The molecule has 2 atom stereocenters. The van der Waals surface area contributed by atoms with Gasteiger partial charge in [-0.25, -0.2) is 0 Å². The summed E-state index contributed by atoms with van der Waals surface area (Å²) in [4.78, 5) is 12.6. The molecule has 5 rings (SSSR count). The summed E-state index contributed by atoms with van der Waals surface area (Å²) in [6.45, 7) is 1.18. The summed E-state index contributed by atoms with van der Waals surface area (Å²) in [5.41, 5.74) is 5.14. The fourth-order valence-corrected chi connectivity index (χ4v) is 3.89. The van der Waals surface area contributed by atoms with Gasteiger partial charge in [0.25, 0.3) is 5.91 Å². The standard InChI is InChI=1S/C26H26N2O/c29-26(22-10-8-20(9-11-22)19-4-2-1-3-5-19)28-23-14-12-21(13-15-23)24-16-25(24)27-17-18-6-7-18/h1-5,8-15,18,24-25,27H,6-7,16-17H2,(H,28,29)/t24-,25+/m0/s1. The van der Waals surface area contributed by atoms with Crippen molar-refractivity contribution >= 4 is 11.6 Å². The van der Waals surface area contributed by atoms with E-state index < -0.39 is 0 Å². The zero-order chi connectivity index (χ0) is 19.6. The summed E-state index contributed by atoms with van der Waals surface area (Å²) in [6, 6.07) is 26.9. The van der Waals surface area contributed by atoms with Crippen LogP contribution in [-0.2, 0) is 0 Å². The first-order valence-corrected chi connectivity index (χ1v) is 10.6. The second-order valence-corrected chi connectivity index (χ2v) is 8.32. The van der Waals surface area contributed by atoms with Crippen molar-refractivity contribution in [1.29, 1.82) is 0 Å². The lowest BCUT2D eigenvalue weighted by Crippen LogP contribution is -2.20. The molecule has 0 aromatic heterocycles. The van der Waals surface area contributed by atoms with E-state index in [2.05, 4.69) is 34.9 Å². The highest BCUT2D eigenvalue weighted by atomic mass is 16.1. The van der Waals surface area contributed by atoms with Crippen LogP contribution in [-0.4, -0.2) is 18.5 Å². The largest absolute Gasteiger partial charge is 0.322 e. The van der Waals surface area contributed by atoms with Crippen molar-refractivity contribution in [1.82, 2.24) is 5.32 Å². The van der Waals surface area contributed by atoms with Crippen molar-refractivity contribution in [2.75, 3.05) is 11.9 Å². The van der Waals surface area contributed by atoms with E-state index in [0.717, 1.165) is 22.7 Å². The van der Waals surface area contributed by atoms with Crippen LogP contribution < -0.4 is 10.6 Å². The van der Waals surface area contributed by atoms with Crippen molar-refractivity contribution in [3.8, 4) is 11.1 Å². The fraction of sp³-hybridized carbons (Fsp3) is 0.269. The second-order valence-electron chi connectivity index (χ2n) is 8.32. The molecular weight excluding hydrogens is 356 g/mol. The average molecular weight is 383 g/mol. The van der Waals surface area contributed by atoms with Crippen LogP contribution in [0.5, 0.6) is 0 Å². The molecule has 0 bridgehead atoms. The molecule has 2 saturated carbocycles. The number of benzene rings is 3. The Morgan fingerprint density at radius 3 is 2.21 bits per heavy atom. The molecule has 29 heavy (non-hydrogen) atoms. The molecule has 2 aliphatic rings. The number of nitrogens with one attached hydrogen (secondary N) is 2. The van der Waals surface area contributed by atoms with Crippen LogP contribution in [0.2, 0.25) is 0 Å². The first-order valence-electron chi connectivity index (χ1n) is 10.6. The van der Waals surface area contributed by atoms with E-state index in [0.29, 0.717) is 17.5 Å². The zero-order valence-corrected chi connectivity index (χ0v) is 16.5. The van der Waals surface area contributed by atoms with Crippen LogP contribution in [0.3, 0.4) is 0 Å². The fourth-order valence-electron chi connectivity index (χ4n) is 3.89. The zero-order valence-electron chi connectivity index (χ0n) is 16.5. The van der Waals surface area contributed by atoms with E-state index in [1.165, 1.54) is 31.4 Å². The average Bonchev–Trinajstić information content (AvgIpc) is 3.69. The summed E-state index contributed by atoms with van der Waals surface area (Å²) >= 11 is 0. The van der Waals surface area contributed by atoms with E-state index in [1.807, 2.05) is 54.6 Å². The maximum absolute atomic E-state index is 12.6. The molecular formula is C26H26N2O. The van der Waals surface area contributed by atoms with Crippen molar-refractivity contribution in [3.05, 3.63) is 90.0 Å². The third-order valence-electron chi connectivity index (χ3n) is 6.01. The molecule has 3 aromatic carbocycles. The van der Waals surface area contributed by atoms with E-state index in [4.69, 9.17) is 0 Å². The Hall–Kier alpha value is -2.91. The molecule has 0 unspecified atom stereocenters. The Bertz CT molecular complexity index is 975. The molecule has 1 amide bonds. The van der Waals surface area contributed by atoms with Gasteiger partial charge in [-0.1, -0.05) is 54.6 Å². The van der Waals surface area contributed by atoms with E-state index in [-0.39, 0.29) is 5.91 Å². The first kappa shape index (κ1) is 18.1. The van der Waals surface area contributed by atoms with Crippen LogP contribution in [0.15, 0.2) is 78.9 Å². The molecule has 0 spiro atoms. The van der Waals surface area contributed by atoms with Crippen molar-refractivity contribution in [3.63, 3.8) is 0 Å². The van der Waals surface area contributed by atoms with Gasteiger partial charge in [0.1, 0.15) is 0 Å². The van der Waals surface area contributed by atoms with Gasteiger partial charge >= 0.3 is 0 Å². The highest BCUT2D eigenvalue weighted by Gasteiger charge is 2.38. The van der Waals surface area contributed by atoms with Gasteiger partial charge in [0.2, 0.25) is 0 Å². The number of anilines is 1. The third kappa shape index (κ3) is 4.41.